The maximum absolute atomic E-state index is 14.8. The number of nitrogens with one attached hydrogen (secondary N) is 1. The molecule has 202 valence electrons. The van der Waals surface area contributed by atoms with Gasteiger partial charge in [-0.05, 0) is 107 Å². The van der Waals surface area contributed by atoms with Crippen LogP contribution in [0.4, 0.5) is 10.1 Å². The number of benzene rings is 2. The fraction of sp³-hybridized carbons (Fsp3) is 0.424. The molecule has 5 heteroatoms. The van der Waals surface area contributed by atoms with Crippen LogP contribution in [0.3, 0.4) is 0 Å². The van der Waals surface area contributed by atoms with Crippen molar-refractivity contribution in [1.29, 1.82) is 0 Å². The van der Waals surface area contributed by atoms with Crippen molar-refractivity contribution in [2.24, 2.45) is 0 Å². The number of hydrogen-bond acceptors (Lipinski definition) is 4. The largest absolute Gasteiger partial charge is 0.482 e. The predicted molar refractivity (Wildman–Crippen MR) is 153 cm³/mol. The fourth-order valence-corrected chi connectivity index (χ4v) is 4.82. The van der Waals surface area contributed by atoms with Crippen LogP contribution in [0.5, 0.6) is 5.75 Å². The van der Waals surface area contributed by atoms with Gasteiger partial charge in [-0.2, -0.15) is 0 Å². The second kappa shape index (κ2) is 11.3. The molecular formula is C33H41FN2O2. The number of aliphatic hydroxyl groups excluding tert-OH is 1. The van der Waals surface area contributed by atoms with Gasteiger partial charge in [0, 0.05) is 23.5 Å². The van der Waals surface area contributed by atoms with Crippen molar-refractivity contribution in [1.82, 2.24) is 4.98 Å². The van der Waals surface area contributed by atoms with E-state index in [0.717, 1.165) is 54.1 Å². The Morgan fingerprint density at radius 3 is 2.24 bits per heavy atom. The Kier molecular flexibility index (Phi) is 8.27. The summed E-state index contributed by atoms with van der Waals surface area (Å²) in [6.45, 7) is 11.2. The van der Waals surface area contributed by atoms with Gasteiger partial charge >= 0.3 is 0 Å². The summed E-state index contributed by atoms with van der Waals surface area (Å²) in [5.41, 5.74) is 6.09. The van der Waals surface area contributed by atoms with E-state index in [1.54, 1.807) is 12.1 Å². The van der Waals surface area contributed by atoms with Crippen LogP contribution in [-0.4, -0.2) is 16.2 Å². The van der Waals surface area contributed by atoms with Crippen molar-refractivity contribution in [3.8, 4) is 5.75 Å². The number of halogens is 1. The SMILES string of the molecule is CCc1ccc(C)nc1C(C)(C)Oc1ccc(NC(Cc2ccc(C(C)(F)C(C)O)cc2)=C2CCC2)cc1. The molecule has 0 aliphatic heterocycles. The molecule has 4 rings (SSSR count). The molecule has 2 N–H and O–H groups in total. The average Bonchev–Trinajstić information content (AvgIpc) is 2.84. The molecule has 0 bridgehead atoms. The van der Waals surface area contributed by atoms with E-state index >= 15 is 0 Å². The van der Waals surface area contributed by atoms with Crippen LogP contribution in [0.2, 0.25) is 0 Å². The Bertz CT molecular complexity index is 1270. The molecule has 2 unspecified atom stereocenters. The maximum Gasteiger partial charge on any atom is 0.158 e. The molecular weight excluding hydrogens is 475 g/mol. The lowest BCUT2D eigenvalue weighted by Crippen LogP contribution is -2.29. The first kappa shape index (κ1) is 27.8. The van der Waals surface area contributed by atoms with Crippen molar-refractivity contribution in [2.75, 3.05) is 5.32 Å². The van der Waals surface area contributed by atoms with E-state index in [1.807, 2.05) is 31.2 Å². The first-order chi connectivity index (χ1) is 18.0. The molecule has 0 saturated heterocycles. The van der Waals surface area contributed by atoms with Gasteiger partial charge in [-0.3, -0.25) is 4.98 Å². The fourth-order valence-electron chi connectivity index (χ4n) is 4.82. The molecule has 0 spiro atoms. The Hall–Kier alpha value is -3.18. The number of anilines is 1. The van der Waals surface area contributed by atoms with Gasteiger partial charge in [0.05, 0.1) is 11.8 Å². The number of aromatic nitrogens is 1. The molecule has 1 fully saturated rings. The first-order valence-electron chi connectivity index (χ1n) is 13.7. The van der Waals surface area contributed by atoms with Crippen LogP contribution < -0.4 is 10.1 Å². The Morgan fingerprint density at radius 1 is 1.03 bits per heavy atom. The molecule has 2 aromatic carbocycles. The molecule has 0 amide bonds. The number of aryl methyl sites for hydroxylation is 2. The normalized spacial score (nSPS) is 15.8. The zero-order valence-corrected chi connectivity index (χ0v) is 23.6. The predicted octanol–water partition coefficient (Wildman–Crippen LogP) is 7.92. The number of nitrogens with zero attached hydrogens (tertiary/aromatic N) is 1. The summed E-state index contributed by atoms with van der Waals surface area (Å²) in [7, 11) is 0. The maximum atomic E-state index is 14.8. The van der Waals surface area contributed by atoms with Gasteiger partial charge in [-0.25, -0.2) is 4.39 Å². The van der Waals surface area contributed by atoms with E-state index in [-0.39, 0.29) is 0 Å². The summed E-state index contributed by atoms with van der Waals surface area (Å²) >= 11 is 0. The molecule has 0 radical (unpaired) electrons. The second-order valence-electron chi connectivity index (χ2n) is 11.1. The highest BCUT2D eigenvalue weighted by Crippen LogP contribution is 2.34. The topological polar surface area (TPSA) is 54.4 Å². The van der Waals surface area contributed by atoms with Crippen LogP contribution in [0.25, 0.3) is 0 Å². The van der Waals surface area contributed by atoms with Gasteiger partial charge in [0.25, 0.3) is 0 Å². The Morgan fingerprint density at radius 2 is 1.68 bits per heavy atom. The van der Waals surface area contributed by atoms with Crippen molar-refractivity contribution in [2.45, 2.75) is 91.0 Å². The second-order valence-corrected chi connectivity index (χ2v) is 11.1. The Balaban J connectivity index is 1.47. The van der Waals surface area contributed by atoms with Gasteiger partial charge in [-0.15, -0.1) is 0 Å². The molecule has 1 aliphatic rings. The third-order valence-electron chi connectivity index (χ3n) is 7.66. The minimum absolute atomic E-state index is 0.493. The van der Waals surface area contributed by atoms with Crippen molar-refractivity contribution in [3.05, 3.63) is 100 Å². The molecule has 1 aromatic heterocycles. The lowest BCUT2D eigenvalue weighted by molar-refractivity contribution is 0.0135. The number of hydrogen-bond donors (Lipinski definition) is 2. The van der Waals surface area contributed by atoms with Gasteiger partial charge < -0.3 is 15.2 Å². The third-order valence-corrected chi connectivity index (χ3v) is 7.66. The van der Waals surface area contributed by atoms with Crippen molar-refractivity contribution < 1.29 is 14.2 Å². The molecule has 38 heavy (non-hydrogen) atoms. The number of pyridine rings is 1. The van der Waals surface area contributed by atoms with E-state index in [0.29, 0.717) is 5.56 Å². The number of ether oxygens (including phenoxy) is 1. The summed E-state index contributed by atoms with van der Waals surface area (Å²) in [5.74, 6) is 0.798. The van der Waals surface area contributed by atoms with E-state index < -0.39 is 17.4 Å². The molecule has 3 aromatic rings. The summed E-state index contributed by atoms with van der Waals surface area (Å²) < 4.78 is 21.2. The van der Waals surface area contributed by atoms with Crippen LogP contribution >= 0.6 is 0 Å². The molecule has 1 heterocycles. The van der Waals surface area contributed by atoms with Gasteiger partial charge in [-0.1, -0.05) is 42.8 Å². The molecule has 4 nitrogen and oxygen atoms in total. The highest BCUT2D eigenvalue weighted by Gasteiger charge is 2.31. The number of aliphatic hydroxyl groups is 1. The number of rotatable bonds is 10. The van der Waals surface area contributed by atoms with Crippen LogP contribution in [0.15, 0.2) is 71.9 Å². The van der Waals surface area contributed by atoms with Crippen molar-refractivity contribution >= 4 is 5.69 Å². The zero-order chi connectivity index (χ0) is 27.5. The summed E-state index contributed by atoms with van der Waals surface area (Å²) in [5, 5.41) is 13.4. The highest BCUT2D eigenvalue weighted by molar-refractivity contribution is 5.53. The third kappa shape index (κ3) is 6.27. The van der Waals surface area contributed by atoms with Crippen LogP contribution in [0.1, 0.15) is 82.0 Å². The number of allylic oxidation sites excluding steroid dienone is 2. The summed E-state index contributed by atoms with van der Waals surface area (Å²) in [4.78, 5) is 4.79. The van der Waals surface area contributed by atoms with Crippen molar-refractivity contribution in [3.63, 3.8) is 0 Å². The molecule has 1 saturated carbocycles. The lowest BCUT2D eigenvalue weighted by atomic mass is 9.87. The zero-order valence-electron chi connectivity index (χ0n) is 23.6. The minimum atomic E-state index is -1.77. The quantitative estimate of drug-likeness (QED) is 0.287. The van der Waals surface area contributed by atoms with E-state index in [2.05, 4.69) is 50.4 Å². The summed E-state index contributed by atoms with van der Waals surface area (Å²) in [6.07, 6.45) is 4.00. The standard InChI is InChI=1S/C33H41FN2O2/c1-7-25-14-11-22(2)35-31(25)32(4,5)38-29-19-17-28(18-20-29)36-30(26-9-8-10-26)21-24-12-15-27(16-13-24)33(6,34)23(3)37/h11-20,23,36-37H,7-10,21H2,1-6H3. The number of alkyl halides is 1. The van der Waals surface area contributed by atoms with Crippen LogP contribution in [0, 0.1) is 6.92 Å². The lowest BCUT2D eigenvalue weighted by Gasteiger charge is -2.28. The van der Waals surface area contributed by atoms with Gasteiger partial charge in [0.1, 0.15) is 11.4 Å². The minimum Gasteiger partial charge on any atom is -0.482 e. The van der Waals surface area contributed by atoms with Crippen LogP contribution in [-0.2, 0) is 24.1 Å². The average molecular weight is 517 g/mol. The van der Waals surface area contributed by atoms with E-state index in [9.17, 15) is 9.50 Å². The molecule has 1 aliphatic carbocycles. The monoisotopic (exact) mass is 516 g/mol. The van der Waals surface area contributed by atoms with Gasteiger partial charge in [0.15, 0.2) is 5.67 Å². The first-order valence-corrected chi connectivity index (χ1v) is 13.7. The van der Waals surface area contributed by atoms with E-state index in [1.165, 1.54) is 37.1 Å². The Labute approximate surface area is 227 Å². The smallest absolute Gasteiger partial charge is 0.158 e. The summed E-state index contributed by atoms with van der Waals surface area (Å²) in [6, 6.07) is 19.8. The van der Waals surface area contributed by atoms with Gasteiger partial charge in [0.2, 0.25) is 0 Å². The molecule has 2 atom stereocenters. The highest BCUT2D eigenvalue weighted by atomic mass is 19.1. The van der Waals surface area contributed by atoms with E-state index in [4.69, 9.17) is 9.72 Å².